The molecule has 4 nitrogen and oxygen atoms in total. The molecule has 1 saturated heterocycles. The van der Waals surface area contributed by atoms with Gasteiger partial charge in [-0.05, 0) is 30.9 Å². The molecule has 2 aliphatic heterocycles. The summed E-state index contributed by atoms with van der Waals surface area (Å²) >= 11 is 1.59. The molecule has 1 fully saturated rings. The summed E-state index contributed by atoms with van der Waals surface area (Å²) in [5.41, 5.74) is 0.630. The van der Waals surface area contributed by atoms with Gasteiger partial charge in [-0.3, -0.25) is 4.72 Å². The number of nitrogens with zero attached hydrogens (tertiary/aromatic N) is 3. The first-order valence-electron chi connectivity index (χ1n) is 5.45. The average Bonchev–Trinajstić information content (AvgIpc) is 2.71. The number of rotatable bonds is 0. The van der Waals surface area contributed by atoms with Crippen molar-refractivity contribution in [1.82, 2.24) is 9.71 Å². The van der Waals surface area contributed by atoms with E-state index in [-0.39, 0.29) is 0 Å². The van der Waals surface area contributed by atoms with Crippen molar-refractivity contribution in [2.45, 2.75) is 23.8 Å². The van der Waals surface area contributed by atoms with Crippen molar-refractivity contribution < 1.29 is 0 Å². The number of fused-ring (bicyclic) bond motifs is 3. The predicted molar refractivity (Wildman–Crippen MR) is 63.2 cm³/mol. The number of pyridine rings is 1. The van der Waals surface area contributed by atoms with Gasteiger partial charge in [0, 0.05) is 25.3 Å². The molecule has 0 aliphatic carbocycles. The third kappa shape index (κ3) is 1.55. The van der Waals surface area contributed by atoms with Gasteiger partial charge in [0.2, 0.25) is 0 Å². The van der Waals surface area contributed by atoms with Crippen molar-refractivity contribution in [2.75, 3.05) is 18.0 Å². The molecule has 1 aromatic rings. The van der Waals surface area contributed by atoms with E-state index in [1.165, 1.54) is 12.8 Å². The van der Waals surface area contributed by atoms with E-state index < -0.39 is 0 Å². The molecule has 0 radical (unpaired) electrons. The monoisotopic (exact) mass is 232 g/mol. The van der Waals surface area contributed by atoms with Crippen molar-refractivity contribution in [1.29, 1.82) is 5.26 Å². The Morgan fingerprint density at radius 3 is 3.44 bits per heavy atom. The first kappa shape index (κ1) is 9.94. The summed E-state index contributed by atoms with van der Waals surface area (Å²) in [6.07, 6.45) is 4.13. The van der Waals surface area contributed by atoms with Crippen LogP contribution in [0.25, 0.3) is 0 Å². The van der Waals surface area contributed by atoms with Crippen LogP contribution >= 0.6 is 11.9 Å². The Hall–Kier alpha value is -1.25. The van der Waals surface area contributed by atoms with Crippen molar-refractivity contribution >= 4 is 17.8 Å². The molecule has 0 saturated carbocycles. The predicted octanol–water partition coefficient (Wildman–Crippen LogP) is 1.53. The van der Waals surface area contributed by atoms with Crippen LogP contribution in [-0.4, -0.2) is 24.1 Å². The maximum absolute atomic E-state index is 8.86. The summed E-state index contributed by atoms with van der Waals surface area (Å²) in [5.74, 6) is 1.04. The number of hydrogen-bond donors (Lipinski definition) is 1. The lowest BCUT2D eigenvalue weighted by atomic mass is 10.2. The second kappa shape index (κ2) is 3.96. The zero-order chi connectivity index (χ0) is 11.0. The Labute approximate surface area is 98.8 Å². The molecule has 1 atom stereocenters. The van der Waals surface area contributed by atoms with Crippen LogP contribution in [0.5, 0.6) is 0 Å². The summed E-state index contributed by atoms with van der Waals surface area (Å²) in [4.78, 5) is 7.87. The highest BCUT2D eigenvalue weighted by atomic mass is 32.2. The van der Waals surface area contributed by atoms with E-state index in [2.05, 4.69) is 20.7 Å². The van der Waals surface area contributed by atoms with Gasteiger partial charge in [0.15, 0.2) is 0 Å². The van der Waals surface area contributed by atoms with Gasteiger partial charge in [0.25, 0.3) is 0 Å². The van der Waals surface area contributed by atoms with Gasteiger partial charge in [-0.25, -0.2) is 4.98 Å². The van der Waals surface area contributed by atoms with Gasteiger partial charge in [-0.15, -0.1) is 0 Å². The fourth-order valence-corrected chi connectivity index (χ4v) is 3.21. The standard InChI is InChI=1S/C11H12N4S/c12-5-8-4-10-11(13-6-8)15-3-1-2-9(15)7-14-16-10/h4,6,9,14H,1-3,7H2/t9-/m0/s1. The molecule has 0 aromatic carbocycles. The molecule has 3 rings (SSSR count). The molecule has 0 bridgehead atoms. The molecule has 16 heavy (non-hydrogen) atoms. The van der Waals surface area contributed by atoms with Crippen LogP contribution in [0.1, 0.15) is 18.4 Å². The lowest BCUT2D eigenvalue weighted by Crippen LogP contribution is -2.34. The highest BCUT2D eigenvalue weighted by Crippen LogP contribution is 2.34. The molecule has 0 unspecified atom stereocenters. The SMILES string of the molecule is N#Cc1cnc2c(c1)SNC[C@@H]1CCCN21. The summed E-state index contributed by atoms with van der Waals surface area (Å²) < 4.78 is 3.35. The molecular weight excluding hydrogens is 220 g/mol. The first-order chi connectivity index (χ1) is 7.88. The lowest BCUT2D eigenvalue weighted by molar-refractivity contribution is 0.655. The molecular formula is C11H12N4S. The number of hydrogen-bond acceptors (Lipinski definition) is 5. The number of nitriles is 1. The summed E-state index contributed by atoms with van der Waals surface area (Å²) in [6, 6.07) is 4.62. The number of nitrogens with one attached hydrogen (secondary N) is 1. The molecule has 3 heterocycles. The van der Waals surface area contributed by atoms with E-state index in [0.29, 0.717) is 11.6 Å². The highest BCUT2D eigenvalue weighted by Gasteiger charge is 2.29. The van der Waals surface area contributed by atoms with Crippen molar-refractivity contribution in [3.63, 3.8) is 0 Å². The van der Waals surface area contributed by atoms with Gasteiger partial charge >= 0.3 is 0 Å². The van der Waals surface area contributed by atoms with Crippen LogP contribution in [0, 0.1) is 11.3 Å². The number of aromatic nitrogens is 1. The Morgan fingerprint density at radius 1 is 1.62 bits per heavy atom. The van der Waals surface area contributed by atoms with Crippen LogP contribution in [0.2, 0.25) is 0 Å². The Kier molecular flexibility index (Phi) is 2.46. The molecule has 1 N–H and O–H groups in total. The fourth-order valence-electron chi connectivity index (χ4n) is 2.33. The third-order valence-electron chi connectivity index (χ3n) is 3.11. The van der Waals surface area contributed by atoms with E-state index in [1.807, 2.05) is 6.07 Å². The van der Waals surface area contributed by atoms with Crippen molar-refractivity contribution in [3.05, 3.63) is 17.8 Å². The highest BCUT2D eigenvalue weighted by molar-refractivity contribution is 7.97. The van der Waals surface area contributed by atoms with Crippen LogP contribution in [0.15, 0.2) is 17.2 Å². The van der Waals surface area contributed by atoms with E-state index in [1.54, 1.807) is 18.1 Å². The summed E-state index contributed by atoms with van der Waals surface area (Å²) in [6.45, 7) is 2.07. The van der Waals surface area contributed by atoms with Crippen molar-refractivity contribution in [3.8, 4) is 6.07 Å². The average molecular weight is 232 g/mol. The quantitative estimate of drug-likeness (QED) is 0.687. The fraction of sp³-hybridized carbons (Fsp3) is 0.455. The van der Waals surface area contributed by atoms with Crippen LogP contribution in [-0.2, 0) is 0 Å². The van der Waals surface area contributed by atoms with Gasteiger partial charge in [-0.1, -0.05) is 0 Å². The summed E-state index contributed by atoms with van der Waals surface area (Å²) in [7, 11) is 0. The van der Waals surface area contributed by atoms with Gasteiger partial charge in [0.05, 0.1) is 10.5 Å². The minimum atomic E-state index is 0.564. The van der Waals surface area contributed by atoms with E-state index >= 15 is 0 Å². The van der Waals surface area contributed by atoms with Gasteiger partial charge < -0.3 is 4.90 Å². The molecule has 2 aliphatic rings. The van der Waals surface area contributed by atoms with Crippen LogP contribution in [0.3, 0.4) is 0 Å². The molecule has 82 valence electrons. The topological polar surface area (TPSA) is 52.0 Å². The van der Waals surface area contributed by atoms with E-state index in [4.69, 9.17) is 5.26 Å². The largest absolute Gasteiger partial charge is 0.351 e. The lowest BCUT2D eigenvalue weighted by Gasteiger charge is -2.23. The minimum absolute atomic E-state index is 0.564. The van der Waals surface area contributed by atoms with Gasteiger partial charge in [-0.2, -0.15) is 5.26 Å². The zero-order valence-electron chi connectivity index (χ0n) is 8.81. The Balaban J connectivity index is 2.05. The second-order valence-electron chi connectivity index (χ2n) is 4.10. The summed E-state index contributed by atoms with van der Waals surface area (Å²) in [5, 5.41) is 8.86. The first-order valence-corrected chi connectivity index (χ1v) is 6.26. The molecule has 1 aromatic heterocycles. The normalized spacial score (nSPS) is 23.2. The molecule has 0 amide bonds. The van der Waals surface area contributed by atoms with Gasteiger partial charge in [0.1, 0.15) is 11.9 Å². The maximum Gasteiger partial charge on any atom is 0.143 e. The Morgan fingerprint density at radius 2 is 2.56 bits per heavy atom. The smallest absolute Gasteiger partial charge is 0.143 e. The van der Waals surface area contributed by atoms with Crippen LogP contribution in [0.4, 0.5) is 5.82 Å². The second-order valence-corrected chi connectivity index (χ2v) is 5.03. The number of anilines is 1. The molecule has 0 spiro atoms. The van der Waals surface area contributed by atoms with Crippen molar-refractivity contribution in [2.24, 2.45) is 0 Å². The van der Waals surface area contributed by atoms with E-state index in [0.717, 1.165) is 23.8 Å². The third-order valence-corrected chi connectivity index (χ3v) is 3.94. The van der Waals surface area contributed by atoms with E-state index in [9.17, 15) is 0 Å². The van der Waals surface area contributed by atoms with Crippen LogP contribution < -0.4 is 9.62 Å². The maximum atomic E-state index is 8.86. The minimum Gasteiger partial charge on any atom is -0.351 e. The Bertz CT molecular complexity index is 454. The molecule has 5 heteroatoms. The zero-order valence-corrected chi connectivity index (χ0v) is 9.63.